The molecule has 3 amide bonds. The lowest BCUT2D eigenvalue weighted by Crippen LogP contribution is -2.56. The van der Waals surface area contributed by atoms with Crippen LogP contribution in [0.25, 0.3) is 0 Å². The molecule has 176 valence electrons. The summed E-state index contributed by atoms with van der Waals surface area (Å²) in [5, 5.41) is 15.3. The van der Waals surface area contributed by atoms with Crippen LogP contribution in [0.5, 0.6) is 0 Å². The minimum absolute atomic E-state index is 0.0307. The number of urea groups is 1. The maximum Gasteiger partial charge on any atom is 0.330 e. The third-order valence-corrected chi connectivity index (χ3v) is 11.4. The lowest BCUT2D eigenvalue weighted by atomic mass is 10.1. The van der Waals surface area contributed by atoms with Crippen molar-refractivity contribution in [2.45, 2.75) is 82.6 Å². The van der Waals surface area contributed by atoms with Gasteiger partial charge in [0, 0.05) is 26.1 Å². The fourth-order valence-corrected chi connectivity index (χ4v) is 4.48. The van der Waals surface area contributed by atoms with E-state index in [0.717, 1.165) is 19.3 Å². The Morgan fingerprint density at radius 1 is 1.32 bits per heavy atom. The first kappa shape index (κ1) is 25.4. The standard InChI is InChI=1S/C22H39N3O5Si/c1-21(2,3)31(5,6)30-14-12-17-18(26)24-22(19(27)28)15-16(22)11-9-7-8-10-13-25(4)20(29)23-17/h9,11,16-17H,7-8,10,12-15H2,1-6H3,(H,23,29)(H,24,26)(H,27,28)/b11-9-. The number of carbonyl (C=O) groups is 3. The quantitative estimate of drug-likeness (QED) is 0.438. The van der Waals surface area contributed by atoms with E-state index in [1.165, 1.54) is 0 Å². The maximum absolute atomic E-state index is 13.1. The molecular weight excluding hydrogens is 414 g/mol. The third-order valence-electron chi connectivity index (χ3n) is 6.86. The smallest absolute Gasteiger partial charge is 0.330 e. The van der Waals surface area contributed by atoms with Gasteiger partial charge in [-0.2, -0.15) is 0 Å². The zero-order valence-electron chi connectivity index (χ0n) is 19.8. The molecule has 1 aliphatic heterocycles. The van der Waals surface area contributed by atoms with Gasteiger partial charge in [0.1, 0.15) is 11.6 Å². The summed E-state index contributed by atoms with van der Waals surface area (Å²) in [6, 6.07) is -1.19. The van der Waals surface area contributed by atoms with Crippen LogP contribution in [0.4, 0.5) is 4.79 Å². The molecule has 1 heterocycles. The lowest BCUT2D eigenvalue weighted by molar-refractivity contribution is -0.143. The summed E-state index contributed by atoms with van der Waals surface area (Å²) in [6.07, 6.45) is 7.12. The second-order valence-electron chi connectivity index (χ2n) is 10.3. The second-order valence-corrected chi connectivity index (χ2v) is 15.1. The van der Waals surface area contributed by atoms with Crippen molar-refractivity contribution in [1.29, 1.82) is 0 Å². The van der Waals surface area contributed by atoms with E-state index in [-0.39, 0.29) is 23.4 Å². The predicted octanol–water partition coefficient (Wildman–Crippen LogP) is 3.11. The van der Waals surface area contributed by atoms with Gasteiger partial charge in [0.25, 0.3) is 0 Å². The van der Waals surface area contributed by atoms with Crippen molar-refractivity contribution in [2.24, 2.45) is 5.92 Å². The van der Waals surface area contributed by atoms with Crippen molar-refractivity contribution in [3.05, 3.63) is 12.2 Å². The number of amides is 3. The van der Waals surface area contributed by atoms with Gasteiger partial charge in [-0.05, 0) is 50.2 Å². The highest BCUT2D eigenvalue weighted by Crippen LogP contribution is 2.45. The van der Waals surface area contributed by atoms with E-state index < -0.39 is 31.8 Å². The average Bonchev–Trinajstić information content (AvgIpc) is 3.35. The van der Waals surface area contributed by atoms with Crippen LogP contribution in [0.15, 0.2) is 12.2 Å². The number of carboxylic acid groups (broad SMARTS) is 1. The molecule has 3 atom stereocenters. The summed E-state index contributed by atoms with van der Waals surface area (Å²) in [7, 11) is -0.303. The number of nitrogens with one attached hydrogen (secondary N) is 2. The number of nitrogens with zero attached hydrogens (tertiary/aromatic N) is 1. The minimum atomic E-state index is -2.01. The number of hydrogen-bond acceptors (Lipinski definition) is 4. The second kappa shape index (κ2) is 9.73. The molecule has 1 fully saturated rings. The molecule has 8 nitrogen and oxygen atoms in total. The van der Waals surface area contributed by atoms with Gasteiger partial charge >= 0.3 is 12.0 Å². The van der Waals surface area contributed by atoms with Crippen molar-refractivity contribution in [3.63, 3.8) is 0 Å². The van der Waals surface area contributed by atoms with Gasteiger partial charge in [0.2, 0.25) is 5.91 Å². The molecule has 0 spiro atoms. The number of carbonyl (C=O) groups excluding carboxylic acids is 2. The highest BCUT2D eigenvalue weighted by molar-refractivity contribution is 6.74. The monoisotopic (exact) mass is 453 g/mol. The zero-order chi connectivity index (χ0) is 23.4. The molecule has 0 saturated heterocycles. The molecule has 0 radical (unpaired) electrons. The van der Waals surface area contributed by atoms with Crippen molar-refractivity contribution in [3.8, 4) is 0 Å². The van der Waals surface area contributed by atoms with E-state index in [1.807, 2.05) is 12.2 Å². The van der Waals surface area contributed by atoms with E-state index in [4.69, 9.17) is 4.43 Å². The first-order chi connectivity index (χ1) is 14.3. The summed E-state index contributed by atoms with van der Waals surface area (Å²) in [6.45, 7) is 11.6. The first-order valence-electron chi connectivity index (χ1n) is 11.2. The third kappa shape index (κ3) is 6.32. The van der Waals surface area contributed by atoms with Gasteiger partial charge in [-0.1, -0.05) is 32.9 Å². The number of rotatable bonds is 5. The van der Waals surface area contributed by atoms with Gasteiger partial charge in [0.05, 0.1) is 0 Å². The molecule has 3 unspecified atom stereocenters. The van der Waals surface area contributed by atoms with E-state index in [9.17, 15) is 19.5 Å². The Bertz CT molecular complexity index is 718. The summed E-state index contributed by atoms with van der Waals surface area (Å²) in [5.41, 5.74) is -1.28. The van der Waals surface area contributed by atoms with E-state index in [0.29, 0.717) is 19.6 Å². The fourth-order valence-electron chi connectivity index (χ4n) is 3.42. The lowest BCUT2D eigenvalue weighted by Gasteiger charge is -2.36. The van der Waals surface area contributed by atoms with Crippen molar-refractivity contribution < 1.29 is 23.9 Å². The van der Waals surface area contributed by atoms with Crippen LogP contribution in [0.3, 0.4) is 0 Å². The predicted molar refractivity (Wildman–Crippen MR) is 122 cm³/mol. The number of fused-ring (bicyclic) bond motifs is 1. The Labute approximate surface area is 186 Å². The van der Waals surface area contributed by atoms with Crippen molar-refractivity contribution >= 4 is 26.2 Å². The van der Waals surface area contributed by atoms with E-state index in [2.05, 4.69) is 44.5 Å². The Morgan fingerprint density at radius 3 is 2.61 bits per heavy atom. The number of allylic oxidation sites excluding steroid dienone is 1. The van der Waals surface area contributed by atoms with Crippen LogP contribution in [0, 0.1) is 5.92 Å². The topological polar surface area (TPSA) is 108 Å². The summed E-state index contributed by atoms with van der Waals surface area (Å²) >= 11 is 0. The summed E-state index contributed by atoms with van der Waals surface area (Å²) in [4.78, 5) is 39.2. The molecule has 0 aromatic heterocycles. The summed E-state index contributed by atoms with van der Waals surface area (Å²) < 4.78 is 6.19. The van der Waals surface area contributed by atoms with E-state index in [1.54, 1.807) is 11.9 Å². The fraction of sp³-hybridized carbons (Fsp3) is 0.773. The van der Waals surface area contributed by atoms with Gasteiger partial charge in [-0.3, -0.25) is 4.79 Å². The highest BCUT2D eigenvalue weighted by atomic mass is 28.4. The van der Waals surface area contributed by atoms with Crippen LogP contribution < -0.4 is 10.6 Å². The van der Waals surface area contributed by atoms with Crippen LogP contribution >= 0.6 is 0 Å². The molecule has 9 heteroatoms. The molecule has 0 bridgehead atoms. The molecule has 2 rings (SSSR count). The van der Waals surface area contributed by atoms with E-state index >= 15 is 0 Å². The van der Waals surface area contributed by atoms with Crippen molar-refractivity contribution in [2.75, 3.05) is 20.2 Å². The Morgan fingerprint density at radius 2 is 2.00 bits per heavy atom. The van der Waals surface area contributed by atoms with Gasteiger partial charge in [0.15, 0.2) is 8.32 Å². The molecule has 1 saturated carbocycles. The van der Waals surface area contributed by atoms with Crippen molar-refractivity contribution in [1.82, 2.24) is 15.5 Å². The number of hydrogen-bond donors (Lipinski definition) is 3. The Hall–Kier alpha value is -1.87. The van der Waals surface area contributed by atoms with Crippen LogP contribution in [-0.2, 0) is 14.0 Å². The molecule has 0 aromatic carbocycles. The zero-order valence-corrected chi connectivity index (χ0v) is 20.8. The molecule has 3 N–H and O–H groups in total. The normalized spacial score (nSPS) is 29.3. The average molecular weight is 454 g/mol. The molecule has 31 heavy (non-hydrogen) atoms. The highest BCUT2D eigenvalue weighted by Gasteiger charge is 2.60. The molecule has 0 aromatic rings. The molecule has 2 aliphatic rings. The first-order valence-corrected chi connectivity index (χ1v) is 14.1. The van der Waals surface area contributed by atoms with Gasteiger partial charge < -0.3 is 25.1 Å². The SMILES string of the molecule is CN1CCCC/C=C\C2CC2(C(=O)O)NC(=O)C(CCO[Si](C)(C)C(C)(C)C)NC1=O. The van der Waals surface area contributed by atoms with Crippen LogP contribution in [0.2, 0.25) is 18.1 Å². The van der Waals surface area contributed by atoms with Crippen LogP contribution in [0.1, 0.15) is 52.9 Å². The van der Waals surface area contributed by atoms with Crippen LogP contribution in [-0.4, -0.2) is 68.0 Å². The molecule has 1 aliphatic carbocycles. The largest absolute Gasteiger partial charge is 0.479 e. The number of carboxylic acids is 1. The molecular formula is C22H39N3O5Si. The van der Waals surface area contributed by atoms with Gasteiger partial charge in [-0.15, -0.1) is 0 Å². The number of aliphatic carboxylic acids is 1. The minimum Gasteiger partial charge on any atom is -0.479 e. The summed E-state index contributed by atoms with van der Waals surface area (Å²) in [5.74, 6) is -1.74. The maximum atomic E-state index is 13.1. The Kier molecular flexibility index (Phi) is 7.97. The Balaban J connectivity index is 2.16. The van der Waals surface area contributed by atoms with Gasteiger partial charge in [-0.25, -0.2) is 9.59 Å².